The van der Waals surface area contributed by atoms with Crippen molar-refractivity contribution in [3.8, 4) is 23.0 Å². The molecule has 0 aliphatic carbocycles. The van der Waals surface area contributed by atoms with E-state index in [1.807, 2.05) is 45.9 Å². The third-order valence-corrected chi connectivity index (χ3v) is 5.39. The molecule has 4 rings (SSSR count). The van der Waals surface area contributed by atoms with Gasteiger partial charge in [-0.1, -0.05) is 17.7 Å². The second-order valence-corrected chi connectivity index (χ2v) is 8.65. The average molecular weight is 406 g/mol. The summed E-state index contributed by atoms with van der Waals surface area (Å²) < 4.78 is 12.6. The van der Waals surface area contributed by atoms with Crippen molar-refractivity contribution < 1.29 is 24.5 Å². The number of ketones is 1. The Morgan fingerprint density at radius 3 is 2.67 bits per heavy atom. The third-order valence-electron chi connectivity index (χ3n) is 5.39. The summed E-state index contributed by atoms with van der Waals surface area (Å²) in [6.07, 6.45) is 6.11. The standard InChI is InChI=1S/C25H26O5/c1-14(2)5-7-18-23-15(9-10-25(3,4)30-23)11-19-21(28)13-22(29-24(18)19)17-8-6-16(26)12-20(17)27/h5-6,8-12,22,26-27H,7,13H2,1-4H3. The van der Waals surface area contributed by atoms with Crippen LogP contribution in [0.5, 0.6) is 23.0 Å². The third kappa shape index (κ3) is 3.67. The normalized spacial score (nSPS) is 18.7. The Hall–Kier alpha value is -3.21. The minimum Gasteiger partial charge on any atom is -0.508 e. The van der Waals surface area contributed by atoms with Crippen molar-refractivity contribution in [2.75, 3.05) is 0 Å². The van der Waals surface area contributed by atoms with Crippen molar-refractivity contribution in [3.63, 3.8) is 0 Å². The van der Waals surface area contributed by atoms with E-state index in [-0.39, 0.29) is 23.7 Å². The molecule has 30 heavy (non-hydrogen) atoms. The van der Waals surface area contributed by atoms with Gasteiger partial charge in [-0.15, -0.1) is 0 Å². The molecule has 0 fully saturated rings. The molecule has 0 aromatic heterocycles. The van der Waals surface area contributed by atoms with Crippen LogP contribution in [0.1, 0.15) is 67.3 Å². The lowest BCUT2D eigenvalue weighted by Gasteiger charge is -2.33. The van der Waals surface area contributed by atoms with Crippen LogP contribution >= 0.6 is 0 Å². The quantitative estimate of drug-likeness (QED) is 0.659. The van der Waals surface area contributed by atoms with Gasteiger partial charge in [0.1, 0.15) is 34.7 Å². The maximum absolute atomic E-state index is 13.1. The largest absolute Gasteiger partial charge is 0.508 e. The number of carbonyl (C=O) groups excluding carboxylic acids is 1. The molecule has 1 unspecified atom stereocenters. The number of Topliss-reactive ketones (excluding diaryl/α,β-unsaturated/α-hetero) is 1. The van der Waals surface area contributed by atoms with Gasteiger partial charge in [-0.05, 0) is 58.4 Å². The Balaban J connectivity index is 1.86. The molecule has 0 spiro atoms. The van der Waals surface area contributed by atoms with Gasteiger partial charge in [0.15, 0.2) is 5.78 Å². The van der Waals surface area contributed by atoms with Crippen molar-refractivity contribution in [3.05, 3.63) is 64.2 Å². The highest BCUT2D eigenvalue weighted by Crippen LogP contribution is 2.47. The zero-order chi connectivity index (χ0) is 21.6. The number of rotatable bonds is 3. The molecule has 0 bridgehead atoms. The molecule has 0 saturated carbocycles. The van der Waals surface area contributed by atoms with Crippen molar-refractivity contribution in [2.45, 2.75) is 52.2 Å². The van der Waals surface area contributed by atoms with E-state index >= 15 is 0 Å². The minimum atomic E-state index is -0.638. The first kappa shape index (κ1) is 20.1. The summed E-state index contributed by atoms with van der Waals surface area (Å²) in [6.45, 7) is 8.02. The smallest absolute Gasteiger partial charge is 0.170 e. The molecule has 0 saturated heterocycles. The predicted octanol–water partition coefficient (Wildman–Crippen LogP) is 5.50. The molecule has 2 aliphatic heterocycles. The molecule has 5 heteroatoms. The van der Waals surface area contributed by atoms with Crippen molar-refractivity contribution in [2.24, 2.45) is 0 Å². The number of phenols is 2. The van der Waals surface area contributed by atoms with Gasteiger partial charge in [-0.2, -0.15) is 0 Å². The summed E-state index contributed by atoms with van der Waals surface area (Å²) in [6, 6.07) is 6.15. The predicted molar refractivity (Wildman–Crippen MR) is 115 cm³/mol. The summed E-state index contributed by atoms with van der Waals surface area (Å²) in [4.78, 5) is 13.1. The summed E-state index contributed by atoms with van der Waals surface area (Å²) >= 11 is 0. The summed E-state index contributed by atoms with van der Waals surface area (Å²) in [5.74, 6) is 1.04. The van der Waals surface area contributed by atoms with E-state index in [1.165, 1.54) is 12.1 Å². The fourth-order valence-corrected chi connectivity index (χ4v) is 3.83. The van der Waals surface area contributed by atoms with E-state index in [0.29, 0.717) is 23.3 Å². The fourth-order valence-electron chi connectivity index (χ4n) is 3.83. The lowest BCUT2D eigenvalue weighted by atomic mass is 9.89. The van der Waals surface area contributed by atoms with Crippen molar-refractivity contribution >= 4 is 11.9 Å². The van der Waals surface area contributed by atoms with Crippen LogP contribution < -0.4 is 9.47 Å². The summed E-state index contributed by atoms with van der Waals surface area (Å²) in [7, 11) is 0. The molecule has 1 atom stereocenters. The van der Waals surface area contributed by atoms with Crippen LogP contribution in [-0.4, -0.2) is 21.6 Å². The first-order valence-electron chi connectivity index (χ1n) is 10.1. The number of allylic oxidation sites excluding steroid dienone is 2. The first-order chi connectivity index (χ1) is 14.1. The van der Waals surface area contributed by atoms with Crippen molar-refractivity contribution in [1.82, 2.24) is 0 Å². The number of phenolic OH excluding ortho intramolecular Hbond substituents is 2. The number of carbonyl (C=O) groups is 1. The van der Waals surface area contributed by atoms with E-state index in [1.54, 1.807) is 6.07 Å². The molecular formula is C25H26O5. The number of hydrogen-bond acceptors (Lipinski definition) is 5. The van der Waals surface area contributed by atoms with Crippen LogP contribution in [0.25, 0.3) is 6.08 Å². The van der Waals surface area contributed by atoms with Gasteiger partial charge in [0, 0.05) is 22.8 Å². The molecule has 0 radical (unpaired) electrons. The molecule has 156 valence electrons. The lowest BCUT2D eigenvalue weighted by molar-refractivity contribution is 0.0842. The first-order valence-corrected chi connectivity index (χ1v) is 10.1. The van der Waals surface area contributed by atoms with Crippen LogP contribution in [-0.2, 0) is 6.42 Å². The molecular weight excluding hydrogens is 380 g/mol. The van der Waals surface area contributed by atoms with E-state index < -0.39 is 11.7 Å². The minimum absolute atomic E-state index is 0.0421. The Morgan fingerprint density at radius 2 is 1.97 bits per heavy atom. The number of fused-ring (bicyclic) bond motifs is 2. The molecule has 5 nitrogen and oxygen atoms in total. The highest BCUT2D eigenvalue weighted by atomic mass is 16.5. The number of benzene rings is 2. The monoisotopic (exact) mass is 406 g/mol. The van der Waals surface area contributed by atoms with Crippen LogP contribution in [0.15, 0.2) is 42.0 Å². The van der Waals surface area contributed by atoms with E-state index in [9.17, 15) is 15.0 Å². The number of ether oxygens (including phenoxy) is 2. The Labute approximate surface area is 176 Å². The number of hydrogen-bond donors (Lipinski definition) is 2. The molecule has 2 heterocycles. The maximum Gasteiger partial charge on any atom is 0.170 e. The van der Waals surface area contributed by atoms with Crippen molar-refractivity contribution in [1.29, 1.82) is 0 Å². The highest BCUT2D eigenvalue weighted by molar-refractivity contribution is 6.02. The topological polar surface area (TPSA) is 76.0 Å². The lowest BCUT2D eigenvalue weighted by Crippen LogP contribution is -2.29. The SMILES string of the molecule is CC(C)=CCc1c2c(cc3c1OC(c1ccc(O)cc1O)CC3=O)C=CC(C)(C)O2. The fraction of sp³-hybridized carbons (Fsp3) is 0.320. The average Bonchev–Trinajstić information content (AvgIpc) is 2.65. The molecule has 2 aromatic rings. The highest BCUT2D eigenvalue weighted by Gasteiger charge is 2.35. The Bertz CT molecular complexity index is 1090. The zero-order valence-corrected chi connectivity index (χ0v) is 17.7. The van der Waals surface area contributed by atoms with Gasteiger partial charge in [-0.3, -0.25) is 4.79 Å². The molecule has 2 aromatic carbocycles. The van der Waals surface area contributed by atoms with Gasteiger partial charge < -0.3 is 19.7 Å². The summed E-state index contributed by atoms with van der Waals surface area (Å²) in [5, 5.41) is 19.9. The molecule has 2 N–H and O–H groups in total. The van der Waals surface area contributed by atoms with Crippen LogP contribution in [0.3, 0.4) is 0 Å². The van der Waals surface area contributed by atoms with Gasteiger partial charge >= 0.3 is 0 Å². The van der Waals surface area contributed by atoms with Gasteiger partial charge in [0.05, 0.1) is 12.0 Å². The van der Waals surface area contributed by atoms with Crippen LogP contribution in [0.2, 0.25) is 0 Å². The van der Waals surface area contributed by atoms with E-state index in [4.69, 9.17) is 9.47 Å². The summed E-state index contributed by atoms with van der Waals surface area (Å²) in [5.41, 5.74) is 3.40. The zero-order valence-electron chi connectivity index (χ0n) is 17.7. The second kappa shape index (κ2) is 7.24. The Kier molecular flexibility index (Phi) is 4.85. The molecule has 0 amide bonds. The van der Waals surface area contributed by atoms with E-state index in [0.717, 1.165) is 22.4 Å². The maximum atomic E-state index is 13.1. The van der Waals surface area contributed by atoms with Crippen LogP contribution in [0, 0.1) is 0 Å². The van der Waals surface area contributed by atoms with Gasteiger partial charge in [-0.25, -0.2) is 0 Å². The van der Waals surface area contributed by atoms with Gasteiger partial charge in [0.25, 0.3) is 0 Å². The Morgan fingerprint density at radius 1 is 1.20 bits per heavy atom. The number of aromatic hydroxyl groups is 2. The van der Waals surface area contributed by atoms with Crippen LogP contribution in [0.4, 0.5) is 0 Å². The molecule has 2 aliphatic rings. The second-order valence-electron chi connectivity index (χ2n) is 8.65. The van der Waals surface area contributed by atoms with E-state index in [2.05, 4.69) is 6.08 Å². The van der Waals surface area contributed by atoms with Gasteiger partial charge in [0.2, 0.25) is 0 Å².